The third-order valence-electron chi connectivity index (χ3n) is 2.55. The molecule has 6 heteroatoms. The Bertz CT molecular complexity index is 448. The Hall–Kier alpha value is -1.72. The van der Waals surface area contributed by atoms with Crippen molar-refractivity contribution in [3.8, 4) is 0 Å². The van der Waals surface area contributed by atoms with E-state index in [4.69, 9.17) is 0 Å². The molecule has 1 aromatic heterocycles. The maximum absolute atomic E-state index is 12.0. The van der Waals surface area contributed by atoms with Gasteiger partial charge in [0.05, 0.1) is 0 Å². The first-order chi connectivity index (χ1) is 7.62. The van der Waals surface area contributed by atoms with Gasteiger partial charge in [-0.1, -0.05) is 0 Å². The summed E-state index contributed by atoms with van der Waals surface area (Å²) in [6.45, 7) is 4.54. The standard InChI is InChI=1S/C10H18N4O2/c1-5-13-8(12-4)7(11-3)9(15)14(6-2)10(13)16/h11-12H,5-6H2,1-4H3. The first-order valence-corrected chi connectivity index (χ1v) is 5.35. The fourth-order valence-electron chi connectivity index (χ4n) is 1.76. The summed E-state index contributed by atoms with van der Waals surface area (Å²) in [4.78, 5) is 23.9. The van der Waals surface area contributed by atoms with Gasteiger partial charge in [0, 0.05) is 27.2 Å². The van der Waals surface area contributed by atoms with Gasteiger partial charge in [-0.05, 0) is 13.8 Å². The van der Waals surface area contributed by atoms with E-state index in [1.807, 2.05) is 6.92 Å². The largest absolute Gasteiger partial charge is 0.381 e. The van der Waals surface area contributed by atoms with Crippen molar-refractivity contribution in [2.75, 3.05) is 24.7 Å². The average Bonchev–Trinajstić information content (AvgIpc) is 2.29. The smallest absolute Gasteiger partial charge is 0.332 e. The molecular weight excluding hydrogens is 208 g/mol. The molecule has 0 saturated carbocycles. The third kappa shape index (κ3) is 1.70. The molecular formula is C10H18N4O2. The zero-order valence-electron chi connectivity index (χ0n) is 10.1. The summed E-state index contributed by atoms with van der Waals surface area (Å²) in [7, 11) is 3.36. The molecule has 0 saturated heterocycles. The van der Waals surface area contributed by atoms with E-state index in [0.717, 1.165) is 0 Å². The molecule has 0 aliphatic rings. The lowest BCUT2D eigenvalue weighted by Gasteiger charge is -2.16. The summed E-state index contributed by atoms with van der Waals surface area (Å²) < 4.78 is 2.76. The fraction of sp³-hybridized carbons (Fsp3) is 0.600. The minimum Gasteiger partial charge on any atom is -0.381 e. The normalized spacial score (nSPS) is 10.2. The van der Waals surface area contributed by atoms with Crippen LogP contribution in [0.4, 0.5) is 11.5 Å². The first-order valence-electron chi connectivity index (χ1n) is 5.35. The van der Waals surface area contributed by atoms with Crippen LogP contribution in [0.5, 0.6) is 0 Å². The molecule has 0 bridgehead atoms. The van der Waals surface area contributed by atoms with E-state index in [1.54, 1.807) is 21.0 Å². The van der Waals surface area contributed by atoms with Crippen LogP contribution >= 0.6 is 0 Å². The Morgan fingerprint density at radius 3 is 1.94 bits per heavy atom. The Morgan fingerprint density at radius 2 is 1.56 bits per heavy atom. The minimum atomic E-state index is -0.288. The van der Waals surface area contributed by atoms with E-state index in [1.165, 1.54) is 9.13 Å². The number of nitrogens with zero attached hydrogens (tertiary/aromatic N) is 2. The van der Waals surface area contributed by atoms with Gasteiger partial charge in [0.15, 0.2) is 0 Å². The Morgan fingerprint density at radius 1 is 1.00 bits per heavy atom. The lowest BCUT2D eigenvalue weighted by molar-refractivity contribution is 0.595. The Labute approximate surface area is 93.9 Å². The second kappa shape index (κ2) is 4.87. The molecule has 0 atom stereocenters. The second-order valence-corrected chi connectivity index (χ2v) is 3.30. The van der Waals surface area contributed by atoms with Crippen LogP contribution in [0.15, 0.2) is 9.59 Å². The molecule has 0 amide bonds. The van der Waals surface area contributed by atoms with Crippen molar-refractivity contribution in [2.24, 2.45) is 0 Å². The van der Waals surface area contributed by atoms with Crippen molar-refractivity contribution in [3.63, 3.8) is 0 Å². The van der Waals surface area contributed by atoms with Crippen LogP contribution in [-0.4, -0.2) is 23.2 Å². The zero-order chi connectivity index (χ0) is 12.3. The quantitative estimate of drug-likeness (QED) is 0.766. The number of aromatic nitrogens is 2. The van der Waals surface area contributed by atoms with E-state index in [-0.39, 0.29) is 11.2 Å². The van der Waals surface area contributed by atoms with Crippen LogP contribution in [0.25, 0.3) is 0 Å². The van der Waals surface area contributed by atoms with E-state index in [2.05, 4.69) is 10.6 Å². The van der Waals surface area contributed by atoms with E-state index in [0.29, 0.717) is 24.6 Å². The highest BCUT2D eigenvalue weighted by Crippen LogP contribution is 2.13. The number of hydrogen-bond donors (Lipinski definition) is 2. The van der Waals surface area contributed by atoms with Gasteiger partial charge in [0.2, 0.25) is 0 Å². The maximum Gasteiger partial charge on any atom is 0.332 e. The summed E-state index contributed by atoms with van der Waals surface area (Å²) in [6, 6.07) is 0. The van der Waals surface area contributed by atoms with Crippen LogP contribution in [0.2, 0.25) is 0 Å². The van der Waals surface area contributed by atoms with Gasteiger partial charge in [-0.25, -0.2) is 4.79 Å². The van der Waals surface area contributed by atoms with E-state index in [9.17, 15) is 9.59 Å². The van der Waals surface area contributed by atoms with Crippen molar-refractivity contribution < 1.29 is 0 Å². The maximum atomic E-state index is 12.0. The van der Waals surface area contributed by atoms with Gasteiger partial charge in [0.1, 0.15) is 11.5 Å². The fourth-order valence-corrected chi connectivity index (χ4v) is 1.76. The lowest BCUT2D eigenvalue weighted by atomic mass is 10.4. The zero-order valence-corrected chi connectivity index (χ0v) is 10.1. The van der Waals surface area contributed by atoms with Gasteiger partial charge in [-0.15, -0.1) is 0 Å². The Balaban J connectivity index is 3.76. The molecule has 16 heavy (non-hydrogen) atoms. The van der Waals surface area contributed by atoms with Crippen molar-refractivity contribution >= 4 is 11.5 Å². The molecule has 0 spiro atoms. The highest BCUT2D eigenvalue weighted by molar-refractivity contribution is 5.62. The monoisotopic (exact) mass is 226 g/mol. The molecule has 0 fully saturated rings. The van der Waals surface area contributed by atoms with Crippen LogP contribution in [-0.2, 0) is 13.1 Å². The van der Waals surface area contributed by atoms with Gasteiger partial charge in [-0.3, -0.25) is 13.9 Å². The lowest BCUT2D eigenvalue weighted by Crippen LogP contribution is -2.41. The highest BCUT2D eigenvalue weighted by atomic mass is 16.2. The molecule has 1 rings (SSSR count). The molecule has 90 valence electrons. The summed E-state index contributed by atoms with van der Waals surface area (Å²) in [5.74, 6) is 0.532. The molecule has 6 nitrogen and oxygen atoms in total. The topological polar surface area (TPSA) is 68.1 Å². The van der Waals surface area contributed by atoms with E-state index >= 15 is 0 Å². The van der Waals surface area contributed by atoms with Crippen molar-refractivity contribution in [1.29, 1.82) is 0 Å². The van der Waals surface area contributed by atoms with Gasteiger partial charge in [0.25, 0.3) is 5.56 Å². The number of anilines is 2. The van der Waals surface area contributed by atoms with Crippen LogP contribution in [0, 0.1) is 0 Å². The number of nitrogens with one attached hydrogen (secondary N) is 2. The van der Waals surface area contributed by atoms with Crippen molar-refractivity contribution in [2.45, 2.75) is 26.9 Å². The third-order valence-corrected chi connectivity index (χ3v) is 2.55. The molecule has 1 aromatic rings. The highest BCUT2D eigenvalue weighted by Gasteiger charge is 2.15. The summed E-state index contributed by atoms with van der Waals surface area (Å²) in [6.07, 6.45) is 0. The van der Waals surface area contributed by atoms with Crippen LogP contribution in [0.3, 0.4) is 0 Å². The summed E-state index contributed by atoms with van der Waals surface area (Å²) >= 11 is 0. The van der Waals surface area contributed by atoms with E-state index < -0.39 is 0 Å². The summed E-state index contributed by atoms with van der Waals surface area (Å²) in [5, 5.41) is 5.72. The van der Waals surface area contributed by atoms with Gasteiger partial charge >= 0.3 is 5.69 Å². The SMILES string of the molecule is CCn1c(NC)c(NC)c(=O)n(CC)c1=O. The molecule has 2 N–H and O–H groups in total. The predicted octanol–water partition coefficient (Wildman–Crippen LogP) is 0.133. The second-order valence-electron chi connectivity index (χ2n) is 3.30. The molecule has 1 heterocycles. The summed E-state index contributed by atoms with van der Waals surface area (Å²) in [5.41, 5.74) is -0.145. The molecule has 0 aromatic carbocycles. The molecule has 0 aliphatic carbocycles. The van der Waals surface area contributed by atoms with Crippen LogP contribution in [0.1, 0.15) is 13.8 Å². The molecule has 0 radical (unpaired) electrons. The predicted molar refractivity (Wildman–Crippen MR) is 65.4 cm³/mol. The number of rotatable bonds is 4. The van der Waals surface area contributed by atoms with Gasteiger partial charge < -0.3 is 10.6 Å². The van der Waals surface area contributed by atoms with Crippen molar-refractivity contribution in [1.82, 2.24) is 9.13 Å². The average molecular weight is 226 g/mol. The van der Waals surface area contributed by atoms with Crippen molar-refractivity contribution in [3.05, 3.63) is 20.8 Å². The molecule has 0 aliphatic heterocycles. The minimum absolute atomic E-state index is 0.279. The van der Waals surface area contributed by atoms with Crippen LogP contribution < -0.4 is 21.9 Å². The number of hydrogen-bond acceptors (Lipinski definition) is 4. The molecule has 0 unspecified atom stereocenters. The van der Waals surface area contributed by atoms with Gasteiger partial charge in [-0.2, -0.15) is 0 Å². The Kier molecular flexibility index (Phi) is 3.76. The first kappa shape index (κ1) is 12.4.